The molecule has 0 aromatic carbocycles. The van der Waals surface area contributed by atoms with Crippen molar-refractivity contribution in [2.75, 3.05) is 31.4 Å². The van der Waals surface area contributed by atoms with Gasteiger partial charge in [0.15, 0.2) is 0 Å². The molecule has 2 aromatic rings. The lowest BCUT2D eigenvalue weighted by Crippen LogP contribution is -2.16. The van der Waals surface area contributed by atoms with Crippen LogP contribution in [0, 0.1) is 0 Å². The highest BCUT2D eigenvalue weighted by Crippen LogP contribution is 2.25. The van der Waals surface area contributed by atoms with Gasteiger partial charge in [0.05, 0.1) is 29.6 Å². The first-order chi connectivity index (χ1) is 9.11. The van der Waals surface area contributed by atoms with E-state index in [0.717, 1.165) is 5.69 Å². The standard InChI is InChI=1S/C13H15N3O2S/c1-16(2)11-4-5-14-7-10(11)15-13(17)12-6-9(18-3)8-19-12/h4-8H,1-3H3,(H,15,17). The molecule has 0 radical (unpaired) electrons. The number of nitrogens with one attached hydrogen (secondary N) is 1. The Morgan fingerprint density at radius 1 is 1.47 bits per heavy atom. The van der Waals surface area contributed by atoms with E-state index in [1.807, 2.05) is 25.1 Å². The Hall–Kier alpha value is -2.08. The van der Waals surface area contributed by atoms with E-state index in [-0.39, 0.29) is 5.91 Å². The highest BCUT2D eigenvalue weighted by molar-refractivity contribution is 7.12. The van der Waals surface area contributed by atoms with Crippen LogP contribution in [0.5, 0.6) is 5.75 Å². The molecule has 0 aliphatic rings. The molecule has 0 bridgehead atoms. The Morgan fingerprint density at radius 2 is 2.26 bits per heavy atom. The smallest absolute Gasteiger partial charge is 0.265 e. The monoisotopic (exact) mass is 277 g/mol. The lowest BCUT2D eigenvalue weighted by molar-refractivity contribution is 0.103. The normalized spacial score (nSPS) is 10.1. The molecule has 0 spiro atoms. The van der Waals surface area contributed by atoms with Crippen molar-refractivity contribution in [3.63, 3.8) is 0 Å². The molecule has 0 saturated heterocycles. The van der Waals surface area contributed by atoms with Crippen molar-refractivity contribution in [1.82, 2.24) is 4.98 Å². The van der Waals surface area contributed by atoms with Gasteiger partial charge in [0, 0.05) is 31.7 Å². The number of anilines is 2. The summed E-state index contributed by atoms with van der Waals surface area (Å²) in [5.74, 6) is 0.526. The van der Waals surface area contributed by atoms with E-state index >= 15 is 0 Å². The summed E-state index contributed by atoms with van der Waals surface area (Å²) in [6.07, 6.45) is 3.33. The molecule has 1 amide bonds. The van der Waals surface area contributed by atoms with Crippen LogP contribution >= 0.6 is 11.3 Å². The van der Waals surface area contributed by atoms with E-state index in [1.165, 1.54) is 11.3 Å². The summed E-state index contributed by atoms with van der Waals surface area (Å²) in [5, 5.41) is 4.65. The third kappa shape index (κ3) is 3.03. The molecule has 2 heterocycles. The first-order valence-electron chi connectivity index (χ1n) is 5.67. The maximum absolute atomic E-state index is 12.1. The molecular formula is C13H15N3O2S. The fourth-order valence-electron chi connectivity index (χ4n) is 1.60. The Bertz CT molecular complexity index is 581. The van der Waals surface area contributed by atoms with E-state index in [9.17, 15) is 4.79 Å². The summed E-state index contributed by atoms with van der Waals surface area (Å²) in [6.45, 7) is 0. The zero-order valence-corrected chi connectivity index (χ0v) is 11.8. The van der Waals surface area contributed by atoms with Crippen molar-refractivity contribution in [3.8, 4) is 5.75 Å². The van der Waals surface area contributed by atoms with Crippen LogP contribution in [-0.4, -0.2) is 32.1 Å². The molecule has 5 nitrogen and oxygen atoms in total. The van der Waals surface area contributed by atoms with Crippen LogP contribution in [0.2, 0.25) is 0 Å². The van der Waals surface area contributed by atoms with Crippen molar-refractivity contribution in [3.05, 3.63) is 34.8 Å². The summed E-state index contributed by atoms with van der Waals surface area (Å²) < 4.78 is 5.07. The SMILES string of the molecule is COc1csc(C(=O)Nc2cnccc2N(C)C)c1. The second kappa shape index (κ2) is 5.71. The van der Waals surface area contributed by atoms with Gasteiger partial charge in [0.1, 0.15) is 5.75 Å². The summed E-state index contributed by atoms with van der Waals surface area (Å²) in [7, 11) is 5.41. The number of nitrogens with zero attached hydrogens (tertiary/aromatic N) is 2. The number of hydrogen-bond donors (Lipinski definition) is 1. The Morgan fingerprint density at radius 3 is 2.89 bits per heavy atom. The second-order valence-corrected chi connectivity index (χ2v) is 5.00. The van der Waals surface area contributed by atoms with Gasteiger partial charge in [-0.25, -0.2) is 0 Å². The molecule has 0 fully saturated rings. The van der Waals surface area contributed by atoms with Crippen LogP contribution in [0.15, 0.2) is 29.9 Å². The predicted molar refractivity (Wildman–Crippen MR) is 77.4 cm³/mol. The van der Waals surface area contributed by atoms with Crippen LogP contribution in [-0.2, 0) is 0 Å². The average Bonchev–Trinajstić information content (AvgIpc) is 2.88. The second-order valence-electron chi connectivity index (χ2n) is 4.09. The number of rotatable bonds is 4. The van der Waals surface area contributed by atoms with Crippen LogP contribution in [0.3, 0.4) is 0 Å². The molecule has 19 heavy (non-hydrogen) atoms. The van der Waals surface area contributed by atoms with Crippen LogP contribution < -0.4 is 15.0 Å². The topological polar surface area (TPSA) is 54.5 Å². The zero-order chi connectivity index (χ0) is 13.8. The lowest BCUT2D eigenvalue weighted by atomic mass is 10.3. The van der Waals surface area contributed by atoms with E-state index in [1.54, 1.807) is 30.9 Å². The van der Waals surface area contributed by atoms with E-state index in [4.69, 9.17) is 4.74 Å². The minimum atomic E-state index is -0.163. The van der Waals surface area contributed by atoms with E-state index < -0.39 is 0 Å². The highest BCUT2D eigenvalue weighted by atomic mass is 32.1. The van der Waals surface area contributed by atoms with Gasteiger partial charge in [-0.15, -0.1) is 11.3 Å². The van der Waals surface area contributed by atoms with Gasteiger partial charge < -0.3 is 15.0 Å². The fraction of sp³-hybridized carbons (Fsp3) is 0.231. The highest BCUT2D eigenvalue weighted by Gasteiger charge is 2.12. The minimum Gasteiger partial charge on any atom is -0.496 e. The summed E-state index contributed by atoms with van der Waals surface area (Å²) in [6, 6.07) is 3.57. The molecule has 2 aromatic heterocycles. The summed E-state index contributed by atoms with van der Waals surface area (Å²) in [4.78, 5) is 18.7. The van der Waals surface area contributed by atoms with Gasteiger partial charge in [0.2, 0.25) is 0 Å². The zero-order valence-electron chi connectivity index (χ0n) is 11.0. The van der Waals surface area contributed by atoms with Crippen LogP contribution in [0.25, 0.3) is 0 Å². The summed E-state index contributed by atoms with van der Waals surface area (Å²) in [5.41, 5.74) is 1.59. The molecule has 0 unspecified atom stereocenters. The first kappa shape index (κ1) is 13.4. The summed E-state index contributed by atoms with van der Waals surface area (Å²) >= 11 is 1.34. The van der Waals surface area contributed by atoms with Crippen molar-refractivity contribution < 1.29 is 9.53 Å². The number of pyridine rings is 1. The Labute approximate surface area is 115 Å². The largest absolute Gasteiger partial charge is 0.496 e. The van der Waals surface area contributed by atoms with Crippen molar-refractivity contribution in [1.29, 1.82) is 0 Å². The predicted octanol–water partition coefficient (Wildman–Crippen LogP) is 2.47. The van der Waals surface area contributed by atoms with Gasteiger partial charge in [-0.3, -0.25) is 9.78 Å². The Kier molecular flexibility index (Phi) is 4.01. The quantitative estimate of drug-likeness (QED) is 0.932. The van der Waals surface area contributed by atoms with Gasteiger partial charge >= 0.3 is 0 Å². The third-order valence-electron chi connectivity index (χ3n) is 2.56. The van der Waals surface area contributed by atoms with Crippen molar-refractivity contribution >= 4 is 28.6 Å². The van der Waals surface area contributed by atoms with Gasteiger partial charge in [0.25, 0.3) is 5.91 Å². The number of ether oxygens (including phenoxy) is 1. The third-order valence-corrected chi connectivity index (χ3v) is 3.47. The number of hydrogen-bond acceptors (Lipinski definition) is 5. The van der Waals surface area contributed by atoms with Crippen molar-refractivity contribution in [2.24, 2.45) is 0 Å². The number of amides is 1. The van der Waals surface area contributed by atoms with E-state index in [0.29, 0.717) is 16.3 Å². The van der Waals surface area contributed by atoms with Crippen LogP contribution in [0.4, 0.5) is 11.4 Å². The first-order valence-corrected chi connectivity index (χ1v) is 6.55. The maximum Gasteiger partial charge on any atom is 0.265 e. The number of aromatic nitrogens is 1. The number of carbonyl (C=O) groups is 1. The molecule has 0 aliphatic heterocycles. The molecule has 100 valence electrons. The molecule has 0 saturated carbocycles. The number of thiophene rings is 1. The molecule has 0 aliphatic carbocycles. The fourth-order valence-corrected chi connectivity index (χ4v) is 2.35. The van der Waals surface area contributed by atoms with Gasteiger partial charge in [-0.05, 0) is 6.07 Å². The average molecular weight is 277 g/mol. The van der Waals surface area contributed by atoms with Crippen LogP contribution in [0.1, 0.15) is 9.67 Å². The maximum atomic E-state index is 12.1. The lowest BCUT2D eigenvalue weighted by Gasteiger charge is -2.16. The van der Waals surface area contributed by atoms with Gasteiger partial charge in [-0.2, -0.15) is 0 Å². The molecular weight excluding hydrogens is 262 g/mol. The molecule has 6 heteroatoms. The number of methoxy groups -OCH3 is 1. The molecule has 1 N–H and O–H groups in total. The van der Waals surface area contributed by atoms with Crippen molar-refractivity contribution in [2.45, 2.75) is 0 Å². The Balaban J connectivity index is 2.19. The van der Waals surface area contributed by atoms with E-state index in [2.05, 4.69) is 10.3 Å². The number of carbonyl (C=O) groups excluding carboxylic acids is 1. The molecule has 2 rings (SSSR count). The van der Waals surface area contributed by atoms with Gasteiger partial charge in [-0.1, -0.05) is 0 Å². The molecule has 0 atom stereocenters. The minimum absolute atomic E-state index is 0.163.